The van der Waals surface area contributed by atoms with Gasteiger partial charge in [0, 0.05) is 31.2 Å². The molecule has 1 aliphatic rings. The first-order valence-electron chi connectivity index (χ1n) is 7.24. The number of aryl methyl sites for hydroxylation is 1. The minimum atomic E-state index is -0.0911. The van der Waals surface area contributed by atoms with Crippen molar-refractivity contribution in [2.75, 3.05) is 13.2 Å². The quantitative estimate of drug-likeness (QED) is 0.724. The molecule has 0 N–H and O–H groups in total. The Morgan fingerprint density at radius 1 is 1.32 bits per heavy atom. The van der Waals surface area contributed by atoms with Crippen molar-refractivity contribution in [2.45, 2.75) is 12.3 Å². The Kier molecular flexibility index (Phi) is 3.04. The maximum Gasteiger partial charge on any atom is 0.263 e. The molecule has 6 nitrogen and oxygen atoms in total. The molecule has 0 amide bonds. The largest absolute Gasteiger partial charge is 0.381 e. The van der Waals surface area contributed by atoms with Gasteiger partial charge in [-0.25, -0.2) is 0 Å². The molecule has 0 spiro atoms. The van der Waals surface area contributed by atoms with Crippen molar-refractivity contribution in [1.82, 2.24) is 14.7 Å². The molecule has 6 heteroatoms. The highest BCUT2D eigenvalue weighted by Gasteiger charge is 2.24. The number of pyridine rings is 1. The zero-order valence-electron chi connectivity index (χ0n) is 12.2. The lowest BCUT2D eigenvalue weighted by molar-refractivity contribution is 0.192. The predicted molar refractivity (Wildman–Crippen MR) is 80.7 cm³/mol. The lowest BCUT2D eigenvalue weighted by Crippen LogP contribution is -2.10. The molecule has 22 heavy (non-hydrogen) atoms. The molecule has 0 bridgehead atoms. The predicted octanol–water partition coefficient (Wildman–Crippen LogP) is 2.09. The molecule has 1 saturated heterocycles. The Bertz CT molecular complexity index is 891. The summed E-state index contributed by atoms with van der Waals surface area (Å²) in [6, 6.07) is 7.48. The number of ether oxygens (including phenoxy) is 1. The number of nitrogens with zero attached hydrogens (tertiary/aromatic N) is 3. The Morgan fingerprint density at radius 3 is 3.00 bits per heavy atom. The Labute approximate surface area is 126 Å². The van der Waals surface area contributed by atoms with Gasteiger partial charge < -0.3 is 13.8 Å². The molecule has 3 aromatic rings. The summed E-state index contributed by atoms with van der Waals surface area (Å²) in [5, 5.41) is 4.66. The van der Waals surface area contributed by atoms with Crippen LogP contribution < -0.4 is 5.43 Å². The van der Waals surface area contributed by atoms with E-state index in [9.17, 15) is 4.79 Å². The van der Waals surface area contributed by atoms with Gasteiger partial charge in [-0.15, -0.1) is 0 Å². The molecule has 1 unspecified atom stereocenters. The molecule has 1 aromatic carbocycles. The second-order valence-electron chi connectivity index (χ2n) is 5.52. The zero-order valence-corrected chi connectivity index (χ0v) is 12.2. The van der Waals surface area contributed by atoms with Gasteiger partial charge in [-0.05, 0) is 18.6 Å². The SMILES string of the molecule is Cn1cc(-c2nc(C3CCOC3)no2)c(=O)c2ccccc21. The highest BCUT2D eigenvalue weighted by Crippen LogP contribution is 2.25. The maximum absolute atomic E-state index is 12.6. The van der Waals surface area contributed by atoms with Crippen molar-refractivity contribution < 1.29 is 9.26 Å². The zero-order chi connectivity index (χ0) is 15.1. The van der Waals surface area contributed by atoms with Crippen LogP contribution in [0.25, 0.3) is 22.4 Å². The van der Waals surface area contributed by atoms with Crippen molar-refractivity contribution in [3.8, 4) is 11.5 Å². The summed E-state index contributed by atoms with van der Waals surface area (Å²) in [5.41, 5.74) is 1.21. The number of para-hydroxylation sites is 1. The first-order valence-corrected chi connectivity index (χ1v) is 7.24. The molecule has 3 heterocycles. The fraction of sp³-hybridized carbons (Fsp3) is 0.312. The van der Waals surface area contributed by atoms with Gasteiger partial charge in [0.25, 0.3) is 5.89 Å². The van der Waals surface area contributed by atoms with E-state index in [1.54, 1.807) is 6.20 Å². The van der Waals surface area contributed by atoms with E-state index < -0.39 is 0 Å². The molecule has 4 rings (SSSR count). The van der Waals surface area contributed by atoms with Gasteiger partial charge in [0.15, 0.2) is 5.82 Å². The van der Waals surface area contributed by atoms with Gasteiger partial charge in [0.05, 0.1) is 12.1 Å². The number of rotatable bonds is 2. The summed E-state index contributed by atoms with van der Waals surface area (Å²) >= 11 is 0. The third-order valence-corrected chi connectivity index (χ3v) is 4.06. The number of aromatic nitrogens is 3. The summed E-state index contributed by atoms with van der Waals surface area (Å²) < 4.78 is 12.6. The maximum atomic E-state index is 12.6. The first-order chi connectivity index (χ1) is 10.7. The third kappa shape index (κ3) is 2.03. The van der Waals surface area contributed by atoms with Crippen LogP contribution in [-0.4, -0.2) is 27.9 Å². The van der Waals surface area contributed by atoms with E-state index in [0.29, 0.717) is 30.0 Å². The van der Waals surface area contributed by atoms with Crippen molar-refractivity contribution in [2.24, 2.45) is 7.05 Å². The fourth-order valence-corrected chi connectivity index (χ4v) is 2.84. The smallest absolute Gasteiger partial charge is 0.263 e. The molecule has 0 aliphatic carbocycles. The topological polar surface area (TPSA) is 70.2 Å². The summed E-state index contributed by atoms with van der Waals surface area (Å²) in [6.45, 7) is 1.32. The van der Waals surface area contributed by atoms with Gasteiger partial charge >= 0.3 is 0 Å². The molecular formula is C16H15N3O3. The average molecular weight is 297 g/mol. The fourth-order valence-electron chi connectivity index (χ4n) is 2.84. The molecule has 1 aliphatic heterocycles. The van der Waals surface area contributed by atoms with Gasteiger partial charge in [-0.3, -0.25) is 4.79 Å². The van der Waals surface area contributed by atoms with Crippen LogP contribution >= 0.6 is 0 Å². The van der Waals surface area contributed by atoms with E-state index in [4.69, 9.17) is 9.26 Å². The standard InChI is InChI=1S/C16H15N3O3/c1-19-8-12(14(20)11-4-2-3-5-13(11)19)16-17-15(18-22-16)10-6-7-21-9-10/h2-5,8,10H,6-7,9H2,1H3. The van der Waals surface area contributed by atoms with Crippen molar-refractivity contribution >= 4 is 10.9 Å². The Balaban J connectivity index is 1.84. The van der Waals surface area contributed by atoms with Crippen LogP contribution in [0, 0.1) is 0 Å². The minimum Gasteiger partial charge on any atom is -0.381 e. The van der Waals surface area contributed by atoms with Crippen molar-refractivity contribution in [3.05, 3.63) is 46.5 Å². The van der Waals surface area contributed by atoms with E-state index in [0.717, 1.165) is 11.9 Å². The molecule has 0 saturated carbocycles. The van der Waals surface area contributed by atoms with Crippen molar-refractivity contribution in [3.63, 3.8) is 0 Å². The van der Waals surface area contributed by atoms with Crippen LogP contribution in [0.5, 0.6) is 0 Å². The Morgan fingerprint density at radius 2 is 2.18 bits per heavy atom. The summed E-state index contributed by atoms with van der Waals surface area (Å²) in [7, 11) is 1.90. The molecule has 1 fully saturated rings. The molecule has 1 atom stereocenters. The first kappa shape index (κ1) is 13.2. The summed E-state index contributed by atoms with van der Waals surface area (Å²) in [6.07, 6.45) is 2.63. The molecule has 0 radical (unpaired) electrons. The molecule has 2 aromatic heterocycles. The third-order valence-electron chi connectivity index (χ3n) is 4.06. The van der Waals surface area contributed by atoms with Crippen LogP contribution in [0.3, 0.4) is 0 Å². The van der Waals surface area contributed by atoms with Gasteiger partial charge in [-0.1, -0.05) is 17.3 Å². The Hall–Kier alpha value is -2.47. The lowest BCUT2D eigenvalue weighted by Gasteiger charge is -2.06. The highest BCUT2D eigenvalue weighted by molar-refractivity contribution is 5.82. The van der Waals surface area contributed by atoms with E-state index in [2.05, 4.69) is 10.1 Å². The van der Waals surface area contributed by atoms with Gasteiger partial charge in [0.2, 0.25) is 5.43 Å². The monoisotopic (exact) mass is 297 g/mol. The number of hydrogen-bond donors (Lipinski definition) is 0. The van der Waals surface area contributed by atoms with E-state index in [1.165, 1.54) is 0 Å². The average Bonchev–Trinajstić information content (AvgIpc) is 3.21. The van der Waals surface area contributed by atoms with E-state index in [-0.39, 0.29) is 17.2 Å². The van der Waals surface area contributed by atoms with Crippen LogP contribution in [0.4, 0.5) is 0 Å². The van der Waals surface area contributed by atoms with E-state index >= 15 is 0 Å². The van der Waals surface area contributed by atoms with Crippen LogP contribution in [0.2, 0.25) is 0 Å². The number of fused-ring (bicyclic) bond motifs is 1. The second kappa shape index (κ2) is 5.06. The molecule has 112 valence electrons. The highest BCUT2D eigenvalue weighted by atomic mass is 16.5. The molecular weight excluding hydrogens is 282 g/mol. The number of hydrogen-bond acceptors (Lipinski definition) is 5. The van der Waals surface area contributed by atoms with Gasteiger partial charge in [0.1, 0.15) is 5.56 Å². The van der Waals surface area contributed by atoms with Crippen LogP contribution in [-0.2, 0) is 11.8 Å². The van der Waals surface area contributed by atoms with E-state index in [1.807, 2.05) is 35.9 Å². The lowest BCUT2D eigenvalue weighted by atomic mass is 10.1. The van der Waals surface area contributed by atoms with Crippen molar-refractivity contribution in [1.29, 1.82) is 0 Å². The van der Waals surface area contributed by atoms with Gasteiger partial charge in [-0.2, -0.15) is 4.98 Å². The summed E-state index contributed by atoms with van der Waals surface area (Å²) in [4.78, 5) is 17.0. The minimum absolute atomic E-state index is 0.0911. The van der Waals surface area contributed by atoms with Crippen LogP contribution in [0.15, 0.2) is 39.8 Å². The van der Waals surface area contributed by atoms with Crippen LogP contribution in [0.1, 0.15) is 18.2 Å². The second-order valence-corrected chi connectivity index (χ2v) is 5.52. The number of benzene rings is 1. The normalized spacial score (nSPS) is 18.1. The summed E-state index contributed by atoms with van der Waals surface area (Å²) in [5.74, 6) is 1.04.